The number of benzene rings is 1. The molecule has 0 aromatic heterocycles. The third-order valence-electron chi connectivity index (χ3n) is 3.06. The quantitative estimate of drug-likeness (QED) is 0.857. The summed E-state index contributed by atoms with van der Waals surface area (Å²) in [6, 6.07) is 5.15. The zero-order chi connectivity index (χ0) is 12.5. The summed E-state index contributed by atoms with van der Waals surface area (Å²) in [5.41, 5.74) is -0.875. The zero-order valence-corrected chi connectivity index (χ0v) is 8.99. The summed E-state index contributed by atoms with van der Waals surface area (Å²) in [6.45, 7) is 0.484. The summed E-state index contributed by atoms with van der Waals surface area (Å²) in [7, 11) is 0. The maximum absolute atomic E-state index is 13.1. The molecule has 2 atom stereocenters. The Hall–Kier alpha value is -1.51. The maximum Gasteiger partial charge on any atom is 0.159 e. The van der Waals surface area contributed by atoms with Gasteiger partial charge in [-0.05, 0) is 24.1 Å². The lowest BCUT2D eigenvalue weighted by Gasteiger charge is -2.25. The number of aliphatic hydroxyl groups excluding tert-OH is 1. The minimum Gasteiger partial charge on any atom is -0.387 e. The fourth-order valence-electron chi connectivity index (χ4n) is 1.95. The summed E-state index contributed by atoms with van der Waals surface area (Å²) in [4.78, 5) is 0. The highest BCUT2D eigenvalue weighted by molar-refractivity contribution is 5.25. The van der Waals surface area contributed by atoms with E-state index in [1.165, 1.54) is 6.07 Å². The minimum atomic E-state index is -1.18. The SMILES string of the molecule is N#CC1(C(O)c2ccc(F)c(F)c2)CCOC1. The molecule has 2 rings (SSSR count). The number of aliphatic hydroxyl groups is 1. The van der Waals surface area contributed by atoms with Crippen LogP contribution in [-0.4, -0.2) is 18.3 Å². The molecule has 1 aliphatic rings. The van der Waals surface area contributed by atoms with E-state index in [0.29, 0.717) is 13.0 Å². The van der Waals surface area contributed by atoms with Gasteiger partial charge in [-0.3, -0.25) is 0 Å². The lowest BCUT2D eigenvalue weighted by atomic mass is 9.79. The fraction of sp³-hybridized carbons (Fsp3) is 0.417. The molecule has 0 amide bonds. The van der Waals surface area contributed by atoms with Crippen LogP contribution in [0.3, 0.4) is 0 Å². The highest BCUT2D eigenvalue weighted by atomic mass is 19.2. The van der Waals surface area contributed by atoms with E-state index in [-0.39, 0.29) is 12.2 Å². The van der Waals surface area contributed by atoms with Crippen molar-refractivity contribution in [3.8, 4) is 6.07 Å². The van der Waals surface area contributed by atoms with Gasteiger partial charge in [-0.1, -0.05) is 6.07 Å². The second-order valence-electron chi connectivity index (χ2n) is 4.15. The molecular formula is C12H11F2NO2. The first-order chi connectivity index (χ1) is 8.09. The first-order valence-electron chi connectivity index (χ1n) is 5.21. The Balaban J connectivity index is 2.33. The molecule has 1 heterocycles. The van der Waals surface area contributed by atoms with Gasteiger partial charge in [0.25, 0.3) is 0 Å². The second-order valence-corrected chi connectivity index (χ2v) is 4.15. The Morgan fingerprint density at radius 2 is 2.18 bits per heavy atom. The standard InChI is InChI=1S/C12H11F2NO2/c13-9-2-1-8(5-10(9)14)11(16)12(6-15)3-4-17-7-12/h1-2,5,11,16H,3-4,7H2. The molecule has 0 saturated carbocycles. The Labute approximate surface area is 97.2 Å². The Kier molecular flexibility index (Phi) is 3.09. The summed E-state index contributed by atoms with van der Waals surface area (Å²) in [5, 5.41) is 19.2. The van der Waals surface area contributed by atoms with Crippen LogP contribution in [0.15, 0.2) is 18.2 Å². The molecule has 1 N–H and O–H groups in total. The van der Waals surface area contributed by atoms with Crippen molar-refractivity contribution >= 4 is 0 Å². The molecule has 2 unspecified atom stereocenters. The van der Waals surface area contributed by atoms with Crippen LogP contribution in [0.1, 0.15) is 18.1 Å². The van der Waals surface area contributed by atoms with Gasteiger partial charge in [-0.2, -0.15) is 5.26 Å². The van der Waals surface area contributed by atoms with Gasteiger partial charge >= 0.3 is 0 Å². The average molecular weight is 239 g/mol. The van der Waals surface area contributed by atoms with E-state index in [0.717, 1.165) is 12.1 Å². The fourth-order valence-corrected chi connectivity index (χ4v) is 1.95. The summed E-state index contributed by atoms with van der Waals surface area (Å²) in [6.07, 6.45) is -0.797. The molecule has 0 aliphatic carbocycles. The number of ether oxygens (including phenoxy) is 1. The third-order valence-corrected chi connectivity index (χ3v) is 3.06. The highest BCUT2D eigenvalue weighted by Gasteiger charge is 2.43. The molecule has 1 aliphatic heterocycles. The molecule has 5 heteroatoms. The summed E-state index contributed by atoms with van der Waals surface area (Å²) in [5.74, 6) is -2.01. The zero-order valence-electron chi connectivity index (χ0n) is 8.99. The largest absolute Gasteiger partial charge is 0.387 e. The van der Waals surface area contributed by atoms with Crippen LogP contribution >= 0.6 is 0 Å². The number of hydrogen-bond donors (Lipinski definition) is 1. The Morgan fingerprint density at radius 1 is 1.41 bits per heavy atom. The van der Waals surface area contributed by atoms with E-state index in [2.05, 4.69) is 0 Å². The van der Waals surface area contributed by atoms with E-state index in [9.17, 15) is 13.9 Å². The van der Waals surface area contributed by atoms with Crippen molar-refractivity contribution in [3.63, 3.8) is 0 Å². The molecule has 90 valence electrons. The van der Waals surface area contributed by atoms with Gasteiger partial charge in [0.05, 0.1) is 12.7 Å². The Bertz CT molecular complexity index is 464. The maximum atomic E-state index is 13.1. The lowest BCUT2D eigenvalue weighted by Crippen LogP contribution is -2.27. The van der Waals surface area contributed by atoms with E-state index in [4.69, 9.17) is 10.00 Å². The van der Waals surface area contributed by atoms with Crippen molar-refractivity contribution in [2.75, 3.05) is 13.2 Å². The first-order valence-corrected chi connectivity index (χ1v) is 5.21. The van der Waals surface area contributed by atoms with Gasteiger partial charge in [0.2, 0.25) is 0 Å². The number of nitriles is 1. The van der Waals surface area contributed by atoms with Gasteiger partial charge in [0.1, 0.15) is 11.5 Å². The van der Waals surface area contributed by atoms with Crippen molar-refractivity contribution in [3.05, 3.63) is 35.4 Å². The molecule has 0 radical (unpaired) electrons. The molecule has 0 spiro atoms. The molecule has 1 fully saturated rings. The van der Waals surface area contributed by atoms with Gasteiger partial charge in [-0.15, -0.1) is 0 Å². The van der Waals surface area contributed by atoms with Crippen molar-refractivity contribution in [1.82, 2.24) is 0 Å². The highest BCUT2D eigenvalue weighted by Crippen LogP contribution is 2.40. The van der Waals surface area contributed by atoms with Crippen molar-refractivity contribution in [1.29, 1.82) is 5.26 Å². The molecule has 3 nitrogen and oxygen atoms in total. The second kappa shape index (κ2) is 4.40. The van der Waals surface area contributed by atoms with E-state index in [1.54, 1.807) is 0 Å². The van der Waals surface area contributed by atoms with Gasteiger partial charge in [-0.25, -0.2) is 8.78 Å². The molecule has 1 aromatic carbocycles. The van der Waals surface area contributed by atoms with Crippen LogP contribution in [0.5, 0.6) is 0 Å². The molecule has 1 aromatic rings. The Morgan fingerprint density at radius 3 is 2.71 bits per heavy atom. The monoisotopic (exact) mass is 239 g/mol. The normalized spacial score (nSPS) is 25.5. The topological polar surface area (TPSA) is 53.2 Å². The van der Waals surface area contributed by atoms with E-state index >= 15 is 0 Å². The van der Waals surface area contributed by atoms with Crippen molar-refractivity contribution < 1.29 is 18.6 Å². The average Bonchev–Trinajstić information content (AvgIpc) is 2.81. The molecular weight excluding hydrogens is 228 g/mol. The third kappa shape index (κ3) is 2.02. The molecule has 17 heavy (non-hydrogen) atoms. The van der Waals surface area contributed by atoms with E-state index < -0.39 is 23.2 Å². The van der Waals surface area contributed by atoms with Crippen LogP contribution in [-0.2, 0) is 4.74 Å². The van der Waals surface area contributed by atoms with Crippen molar-refractivity contribution in [2.24, 2.45) is 5.41 Å². The van der Waals surface area contributed by atoms with Crippen molar-refractivity contribution in [2.45, 2.75) is 12.5 Å². The van der Waals surface area contributed by atoms with Gasteiger partial charge < -0.3 is 9.84 Å². The van der Waals surface area contributed by atoms with Crippen LogP contribution in [0, 0.1) is 28.4 Å². The molecule has 0 bridgehead atoms. The van der Waals surface area contributed by atoms with Crippen LogP contribution in [0.4, 0.5) is 8.78 Å². The van der Waals surface area contributed by atoms with E-state index in [1.807, 2.05) is 6.07 Å². The number of halogens is 2. The lowest BCUT2D eigenvalue weighted by molar-refractivity contribution is 0.0501. The predicted octanol–water partition coefficient (Wildman–Crippen LogP) is 1.93. The predicted molar refractivity (Wildman–Crippen MR) is 54.8 cm³/mol. The van der Waals surface area contributed by atoms with Crippen LogP contribution in [0.2, 0.25) is 0 Å². The van der Waals surface area contributed by atoms with Gasteiger partial charge in [0, 0.05) is 6.61 Å². The molecule has 1 saturated heterocycles. The number of hydrogen-bond acceptors (Lipinski definition) is 3. The first kappa shape index (κ1) is 12.0. The van der Waals surface area contributed by atoms with Crippen LogP contribution < -0.4 is 0 Å². The minimum absolute atomic E-state index is 0.101. The number of nitrogens with zero attached hydrogens (tertiary/aromatic N) is 1. The number of rotatable bonds is 2. The summed E-state index contributed by atoms with van der Waals surface area (Å²) < 4.78 is 30.9. The smallest absolute Gasteiger partial charge is 0.159 e. The van der Waals surface area contributed by atoms with Gasteiger partial charge in [0.15, 0.2) is 11.6 Å². The summed E-state index contributed by atoms with van der Waals surface area (Å²) >= 11 is 0. The van der Waals surface area contributed by atoms with Crippen LogP contribution in [0.25, 0.3) is 0 Å².